The van der Waals surface area contributed by atoms with Crippen molar-refractivity contribution in [3.8, 4) is 22.8 Å². The number of nitrogens with one attached hydrogen (secondary N) is 1. The molecule has 0 saturated carbocycles. The molecular weight excluding hydrogens is 284 g/mol. The first-order valence-electron chi connectivity index (χ1n) is 6.43. The minimum absolute atomic E-state index is 0.132. The number of nitrogens with zero attached hydrogens (tertiary/aromatic N) is 1. The van der Waals surface area contributed by atoms with Crippen molar-refractivity contribution in [2.75, 3.05) is 5.32 Å². The second-order valence-electron chi connectivity index (χ2n) is 4.73. The van der Waals surface area contributed by atoms with Crippen LogP contribution in [0, 0.1) is 6.92 Å². The third kappa shape index (κ3) is 2.98. The molecule has 0 atom stereocenters. The fraction of sp³-hybridized carbons (Fsp3) is 0.0625. The largest absolute Gasteiger partial charge is 0.504 e. The molecule has 106 valence electrons. The third-order valence-electron chi connectivity index (χ3n) is 3.08. The molecule has 4 nitrogen and oxygen atoms in total. The Hall–Kier alpha value is -2.53. The lowest BCUT2D eigenvalue weighted by atomic mass is 10.1. The van der Waals surface area contributed by atoms with Crippen LogP contribution < -0.4 is 5.32 Å². The zero-order valence-electron chi connectivity index (χ0n) is 11.4. The molecule has 0 aliphatic rings. The highest BCUT2D eigenvalue weighted by molar-refractivity contribution is 7.14. The number of thiazole rings is 1. The van der Waals surface area contributed by atoms with Gasteiger partial charge < -0.3 is 15.5 Å². The van der Waals surface area contributed by atoms with Crippen LogP contribution in [-0.2, 0) is 0 Å². The Morgan fingerprint density at radius 2 is 1.76 bits per heavy atom. The van der Waals surface area contributed by atoms with Gasteiger partial charge in [0.2, 0.25) is 0 Å². The number of aryl methyl sites for hydroxylation is 1. The van der Waals surface area contributed by atoms with E-state index in [4.69, 9.17) is 0 Å². The van der Waals surface area contributed by atoms with Crippen molar-refractivity contribution >= 4 is 22.2 Å². The molecule has 3 rings (SSSR count). The fourth-order valence-corrected chi connectivity index (χ4v) is 2.65. The molecule has 3 aromatic rings. The van der Waals surface area contributed by atoms with Gasteiger partial charge in [0.25, 0.3) is 0 Å². The quantitative estimate of drug-likeness (QED) is 0.632. The van der Waals surface area contributed by atoms with Gasteiger partial charge in [-0.1, -0.05) is 17.7 Å². The van der Waals surface area contributed by atoms with E-state index in [1.165, 1.54) is 29.0 Å². The van der Waals surface area contributed by atoms with Crippen molar-refractivity contribution in [3.05, 3.63) is 53.4 Å². The number of hydrogen-bond donors (Lipinski definition) is 3. The van der Waals surface area contributed by atoms with Gasteiger partial charge in [-0.2, -0.15) is 0 Å². The molecule has 1 heterocycles. The summed E-state index contributed by atoms with van der Waals surface area (Å²) in [6.07, 6.45) is 0. The highest BCUT2D eigenvalue weighted by Crippen LogP contribution is 2.32. The van der Waals surface area contributed by atoms with Crippen molar-refractivity contribution in [1.29, 1.82) is 0 Å². The first-order chi connectivity index (χ1) is 10.1. The van der Waals surface area contributed by atoms with E-state index in [0.717, 1.165) is 22.1 Å². The van der Waals surface area contributed by atoms with E-state index in [9.17, 15) is 10.2 Å². The van der Waals surface area contributed by atoms with Gasteiger partial charge in [0, 0.05) is 16.6 Å². The van der Waals surface area contributed by atoms with Gasteiger partial charge in [0.15, 0.2) is 16.6 Å². The van der Waals surface area contributed by atoms with Gasteiger partial charge in [-0.25, -0.2) is 4.98 Å². The standard InChI is InChI=1S/C16H14N2O2S/c1-10-2-5-12(6-3-10)17-16-18-13(9-21-16)11-4-7-14(19)15(20)8-11/h2-9,19-20H,1H3,(H,17,18). The van der Waals surface area contributed by atoms with E-state index in [2.05, 4.69) is 10.3 Å². The number of aromatic hydroxyl groups is 2. The van der Waals surface area contributed by atoms with Gasteiger partial charge in [0.1, 0.15) is 0 Å². The average molecular weight is 298 g/mol. The summed E-state index contributed by atoms with van der Waals surface area (Å²) in [6.45, 7) is 2.04. The number of aromatic nitrogens is 1. The summed E-state index contributed by atoms with van der Waals surface area (Å²) >= 11 is 1.49. The molecule has 0 bridgehead atoms. The van der Waals surface area contributed by atoms with Gasteiger partial charge >= 0.3 is 0 Å². The molecule has 0 spiro atoms. The molecule has 0 radical (unpaired) electrons. The van der Waals surface area contributed by atoms with E-state index in [0.29, 0.717) is 0 Å². The number of phenols is 2. The van der Waals surface area contributed by atoms with Crippen LogP contribution in [0.3, 0.4) is 0 Å². The first kappa shape index (κ1) is 13.5. The Morgan fingerprint density at radius 3 is 2.48 bits per heavy atom. The van der Waals surface area contributed by atoms with E-state index in [1.54, 1.807) is 6.07 Å². The molecule has 0 aliphatic carbocycles. The molecule has 0 saturated heterocycles. The van der Waals surface area contributed by atoms with E-state index in [-0.39, 0.29) is 11.5 Å². The Kier molecular flexibility index (Phi) is 3.50. The molecule has 3 N–H and O–H groups in total. The Morgan fingerprint density at radius 1 is 1.00 bits per heavy atom. The van der Waals surface area contributed by atoms with Gasteiger partial charge in [0.05, 0.1) is 5.69 Å². The summed E-state index contributed by atoms with van der Waals surface area (Å²) in [7, 11) is 0. The maximum absolute atomic E-state index is 9.54. The van der Waals surface area contributed by atoms with Crippen LogP contribution in [0.25, 0.3) is 11.3 Å². The predicted molar refractivity (Wildman–Crippen MR) is 85.3 cm³/mol. The molecule has 1 aromatic heterocycles. The fourth-order valence-electron chi connectivity index (χ4n) is 1.91. The van der Waals surface area contributed by atoms with Gasteiger partial charge in [-0.15, -0.1) is 11.3 Å². The van der Waals surface area contributed by atoms with Crippen molar-refractivity contribution in [2.24, 2.45) is 0 Å². The summed E-state index contributed by atoms with van der Waals surface area (Å²) in [5.41, 5.74) is 3.71. The second kappa shape index (κ2) is 5.46. The summed E-state index contributed by atoms with van der Waals surface area (Å²) in [4.78, 5) is 4.48. The first-order valence-corrected chi connectivity index (χ1v) is 7.31. The molecule has 5 heteroatoms. The third-order valence-corrected chi connectivity index (χ3v) is 3.84. The number of rotatable bonds is 3. The van der Waals surface area contributed by atoms with Crippen molar-refractivity contribution < 1.29 is 10.2 Å². The zero-order chi connectivity index (χ0) is 14.8. The zero-order valence-corrected chi connectivity index (χ0v) is 12.2. The maximum Gasteiger partial charge on any atom is 0.187 e. The molecule has 21 heavy (non-hydrogen) atoms. The van der Waals surface area contributed by atoms with Crippen molar-refractivity contribution in [3.63, 3.8) is 0 Å². The lowest BCUT2D eigenvalue weighted by Crippen LogP contribution is -1.89. The van der Waals surface area contributed by atoms with Crippen LogP contribution in [0.5, 0.6) is 11.5 Å². The maximum atomic E-state index is 9.54. The topological polar surface area (TPSA) is 65.4 Å². The Balaban J connectivity index is 1.82. The van der Waals surface area contributed by atoms with Crippen molar-refractivity contribution in [2.45, 2.75) is 6.92 Å². The highest BCUT2D eigenvalue weighted by Gasteiger charge is 2.07. The van der Waals surface area contributed by atoms with Crippen LogP contribution in [0.1, 0.15) is 5.56 Å². The molecular formula is C16H14N2O2S. The van der Waals surface area contributed by atoms with Crippen LogP contribution in [0.4, 0.5) is 10.8 Å². The summed E-state index contributed by atoms with van der Waals surface area (Å²) in [5.74, 6) is -0.277. The lowest BCUT2D eigenvalue weighted by molar-refractivity contribution is 0.404. The van der Waals surface area contributed by atoms with Crippen LogP contribution >= 0.6 is 11.3 Å². The highest BCUT2D eigenvalue weighted by atomic mass is 32.1. The second-order valence-corrected chi connectivity index (χ2v) is 5.59. The smallest absolute Gasteiger partial charge is 0.187 e. The van der Waals surface area contributed by atoms with Crippen LogP contribution in [0.2, 0.25) is 0 Å². The summed E-state index contributed by atoms with van der Waals surface area (Å²) < 4.78 is 0. The normalized spacial score (nSPS) is 10.5. The predicted octanol–water partition coefficient (Wildman–Crippen LogP) is 4.27. The monoisotopic (exact) mass is 298 g/mol. The lowest BCUT2D eigenvalue weighted by Gasteiger charge is -2.03. The minimum atomic E-state index is -0.145. The van der Waals surface area contributed by atoms with E-state index >= 15 is 0 Å². The Labute approximate surface area is 126 Å². The number of phenolic OH excluding ortho intramolecular Hbond substituents is 2. The van der Waals surface area contributed by atoms with E-state index < -0.39 is 0 Å². The molecule has 0 unspecified atom stereocenters. The molecule has 0 aliphatic heterocycles. The van der Waals surface area contributed by atoms with Gasteiger partial charge in [-0.3, -0.25) is 0 Å². The molecule has 0 amide bonds. The number of anilines is 2. The van der Waals surface area contributed by atoms with Gasteiger partial charge in [-0.05, 0) is 37.3 Å². The Bertz CT molecular complexity index is 766. The van der Waals surface area contributed by atoms with E-state index in [1.807, 2.05) is 36.6 Å². The van der Waals surface area contributed by atoms with Crippen molar-refractivity contribution in [1.82, 2.24) is 4.98 Å². The van der Waals surface area contributed by atoms with Crippen LogP contribution in [-0.4, -0.2) is 15.2 Å². The average Bonchev–Trinajstić information content (AvgIpc) is 2.93. The SMILES string of the molecule is Cc1ccc(Nc2nc(-c3ccc(O)c(O)c3)cs2)cc1. The molecule has 0 fully saturated rings. The summed E-state index contributed by atoms with van der Waals surface area (Å²) in [5, 5.41) is 24.8. The van der Waals surface area contributed by atoms with Crippen LogP contribution in [0.15, 0.2) is 47.8 Å². The number of benzene rings is 2. The minimum Gasteiger partial charge on any atom is -0.504 e. The molecule has 2 aromatic carbocycles. The summed E-state index contributed by atoms with van der Waals surface area (Å²) in [6, 6.07) is 12.8. The number of hydrogen-bond acceptors (Lipinski definition) is 5.